The minimum Gasteiger partial charge on any atom is -0.452 e. The smallest absolute Gasteiger partial charge is 0.344 e. The third-order valence-electron chi connectivity index (χ3n) is 3.49. The lowest BCUT2D eigenvalue weighted by molar-refractivity contribution is -0.119. The van der Waals surface area contributed by atoms with Crippen molar-refractivity contribution in [2.45, 2.75) is 13.8 Å². The summed E-state index contributed by atoms with van der Waals surface area (Å²) >= 11 is 0. The van der Waals surface area contributed by atoms with Gasteiger partial charge in [0, 0.05) is 5.69 Å². The molecule has 2 aromatic rings. The Labute approximate surface area is 144 Å². The third kappa shape index (κ3) is 3.66. The second-order valence-electron chi connectivity index (χ2n) is 5.34. The monoisotopic (exact) mass is 373 g/mol. The molecule has 0 heterocycles. The molecule has 4 nitrogen and oxygen atoms in total. The van der Waals surface area contributed by atoms with Gasteiger partial charge in [-0.15, -0.1) is 0 Å². The Bertz CT molecular complexity index is 849. The van der Waals surface area contributed by atoms with E-state index < -0.39 is 53.1 Å². The SMILES string of the molecule is Cc1cccc(C)c1NC(=O)COC(=O)c1c(F)c(F)c(F)c(F)c1F. The largest absolute Gasteiger partial charge is 0.452 e. The summed E-state index contributed by atoms with van der Waals surface area (Å²) in [5.74, 6) is -14.3. The van der Waals surface area contributed by atoms with Gasteiger partial charge in [0.2, 0.25) is 5.82 Å². The first kappa shape index (κ1) is 19.4. The van der Waals surface area contributed by atoms with Crippen LogP contribution in [-0.4, -0.2) is 18.5 Å². The Morgan fingerprint density at radius 2 is 1.35 bits per heavy atom. The predicted octanol–water partition coefficient (Wildman–Crippen LogP) is 3.79. The van der Waals surface area contributed by atoms with E-state index in [1.54, 1.807) is 32.0 Å². The van der Waals surface area contributed by atoms with Crippen molar-refractivity contribution in [3.8, 4) is 0 Å². The molecule has 1 N–H and O–H groups in total. The molecule has 0 aromatic heterocycles. The lowest BCUT2D eigenvalue weighted by Gasteiger charge is -2.12. The molecule has 0 aliphatic rings. The molecule has 0 saturated heterocycles. The summed E-state index contributed by atoms with van der Waals surface area (Å²) in [7, 11) is 0. The van der Waals surface area contributed by atoms with Crippen LogP contribution in [0.4, 0.5) is 27.6 Å². The Hall–Kier alpha value is -2.97. The van der Waals surface area contributed by atoms with Gasteiger partial charge in [-0.3, -0.25) is 4.79 Å². The molecule has 26 heavy (non-hydrogen) atoms. The number of ether oxygens (including phenoxy) is 1. The average Bonchev–Trinajstić information content (AvgIpc) is 2.60. The topological polar surface area (TPSA) is 55.4 Å². The number of benzene rings is 2. The van der Waals surface area contributed by atoms with E-state index in [1.807, 2.05) is 0 Å². The van der Waals surface area contributed by atoms with Crippen LogP contribution in [0.3, 0.4) is 0 Å². The molecular weight excluding hydrogens is 361 g/mol. The Morgan fingerprint density at radius 1 is 0.885 bits per heavy atom. The summed E-state index contributed by atoms with van der Waals surface area (Å²) in [6, 6.07) is 5.18. The zero-order chi connectivity index (χ0) is 19.6. The van der Waals surface area contributed by atoms with Crippen LogP contribution in [0.25, 0.3) is 0 Å². The van der Waals surface area contributed by atoms with E-state index in [-0.39, 0.29) is 0 Å². The first-order valence-electron chi connectivity index (χ1n) is 7.19. The summed E-state index contributed by atoms with van der Waals surface area (Å²) < 4.78 is 70.5. The van der Waals surface area contributed by atoms with E-state index in [1.165, 1.54) is 0 Å². The zero-order valence-electron chi connectivity index (χ0n) is 13.6. The molecule has 0 saturated carbocycles. The van der Waals surface area contributed by atoms with Crippen LogP contribution < -0.4 is 5.32 Å². The lowest BCUT2D eigenvalue weighted by atomic mass is 10.1. The normalized spacial score (nSPS) is 10.6. The maximum absolute atomic E-state index is 13.5. The van der Waals surface area contributed by atoms with Crippen molar-refractivity contribution < 1.29 is 36.3 Å². The van der Waals surface area contributed by atoms with E-state index >= 15 is 0 Å². The van der Waals surface area contributed by atoms with Crippen molar-refractivity contribution in [3.05, 3.63) is 64.0 Å². The van der Waals surface area contributed by atoms with Gasteiger partial charge in [0.15, 0.2) is 29.9 Å². The van der Waals surface area contributed by atoms with Crippen LogP contribution in [0.2, 0.25) is 0 Å². The highest BCUT2D eigenvalue weighted by Crippen LogP contribution is 2.24. The van der Waals surface area contributed by atoms with Crippen molar-refractivity contribution in [2.24, 2.45) is 0 Å². The number of aryl methyl sites for hydroxylation is 2. The van der Waals surface area contributed by atoms with Crippen LogP contribution in [0, 0.1) is 42.9 Å². The maximum Gasteiger partial charge on any atom is 0.344 e. The van der Waals surface area contributed by atoms with Gasteiger partial charge >= 0.3 is 5.97 Å². The van der Waals surface area contributed by atoms with E-state index in [9.17, 15) is 31.5 Å². The van der Waals surface area contributed by atoms with E-state index in [2.05, 4.69) is 10.1 Å². The number of esters is 1. The highest BCUT2D eigenvalue weighted by Gasteiger charge is 2.31. The van der Waals surface area contributed by atoms with Crippen molar-refractivity contribution in [1.29, 1.82) is 0 Å². The summed E-state index contributed by atoms with van der Waals surface area (Å²) in [6.45, 7) is 2.44. The molecule has 0 spiro atoms. The van der Waals surface area contributed by atoms with Crippen LogP contribution >= 0.6 is 0 Å². The number of carbonyl (C=O) groups is 2. The highest BCUT2D eigenvalue weighted by molar-refractivity contribution is 5.96. The maximum atomic E-state index is 13.5. The van der Waals surface area contributed by atoms with Gasteiger partial charge in [-0.25, -0.2) is 26.7 Å². The number of carbonyl (C=O) groups excluding carboxylic acids is 2. The standard InChI is InChI=1S/C17H12F5NO3/c1-7-4-3-5-8(2)16(7)23-9(24)6-26-17(25)10-11(18)13(20)15(22)14(21)12(10)19/h3-5H,6H2,1-2H3,(H,23,24). The molecule has 0 unspecified atom stereocenters. The molecule has 0 fully saturated rings. The summed E-state index contributed by atoms with van der Waals surface area (Å²) in [4.78, 5) is 23.5. The lowest BCUT2D eigenvalue weighted by Crippen LogP contribution is -2.23. The number of hydrogen-bond acceptors (Lipinski definition) is 3. The van der Waals surface area contributed by atoms with Gasteiger partial charge in [0.05, 0.1) is 0 Å². The van der Waals surface area contributed by atoms with E-state index in [0.29, 0.717) is 16.8 Å². The van der Waals surface area contributed by atoms with Crippen LogP contribution in [0.15, 0.2) is 18.2 Å². The fourth-order valence-electron chi connectivity index (χ4n) is 2.17. The highest BCUT2D eigenvalue weighted by atomic mass is 19.2. The third-order valence-corrected chi connectivity index (χ3v) is 3.49. The van der Waals surface area contributed by atoms with E-state index in [0.717, 1.165) is 0 Å². The average molecular weight is 373 g/mol. The van der Waals surface area contributed by atoms with Crippen molar-refractivity contribution in [3.63, 3.8) is 0 Å². The molecule has 2 aromatic carbocycles. The molecule has 9 heteroatoms. The quantitative estimate of drug-likeness (QED) is 0.384. The van der Waals surface area contributed by atoms with E-state index in [4.69, 9.17) is 0 Å². The van der Waals surface area contributed by atoms with Crippen LogP contribution in [0.5, 0.6) is 0 Å². The number of halogens is 5. The Kier molecular flexibility index (Phi) is 5.59. The summed E-state index contributed by atoms with van der Waals surface area (Å²) in [5.41, 5.74) is 0.111. The Morgan fingerprint density at radius 3 is 1.85 bits per heavy atom. The van der Waals surface area contributed by atoms with Gasteiger partial charge < -0.3 is 10.1 Å². The zero-order valence-corrected chi connectivity index (χ0v) is 13.6. The molecule has 0 radical (unpaired) electrons. The predicted molar refractivity (Wildman–Crippen MR) is 81.1 cm³/mol. The number of anilines is 1. The number of rotatable bonds is 4. The number of hydrogen-bond donors (Lipinski definition) is 1. The molecule has 0 bridgehead atoms. The molecule has 0 aliphatic heterocycles. The number of nitrogens with one attached hydrogen (secondary N) is 1. The van der Waals surface area contributed by atoms with Gasteiger partial charge in [0.25, 0.3) is 5.91 Å². The second-order valence-corrected chi connectivity index (χ2v) is 5.34. The molecule has 0 aliphatic carbocycles. The van der Waals surface area contributed by atoms with Crippen molar-refractivity contribution >= 4 is 17.6 Å². The summed E-state index contributed by atoms with van der Waals surface area (Å²) in [5, 5.41) is 2.43. The summed E-state index contributed by atoms with van der Waals surface area (Å²) in [6.07, 6.45) is 0. The van der Waals surface area contributed by atoms with Crippen LogP contribution in [-0.2, 0) is 9.53 Å². The molecule has 1 amide bonds. The minimum absolute atomic E-state index is 0.449. The van der Waals surface area contributed by atoms with Crippen LogP contribution in [0.1, 0.15) is 21.5 Å². The molecule has 2 rings (SSSR count). The fraction of sp³-hybridized carbons (Fsp3) is 0.176. The molecular formula is C17H12F5NO3. The van der Waals surface area contributed by atoms with Gasteiger partial charge in [0.1, 0.15) is 5.56 Å². The Balaban J connectivity index is 2.14. The van der Waals surface area contributed by atoms with Crippen molar-refractivity contribution in [1.82, 2.24) is 0 Å². The first-order chi connectivity index (χ1) is 12.1. The molecule has 138 valence electrons. The minimum atomic E-state index is -2.40. The van der Waals surface area contributed by atoms with Gasteiger partial charge in [-0.1, -0.05) is 18.2 Å². The number of para-hydroxylation sites is 1. The second kappa shape index (κ2) is 7.51. The van der Waals surface area contributed by atoms with Gasteiger partial charge in [-0.2, -0.15) is 0 Å². The van der Waals surface area contributed by atoms with Crippen molar-refractivity contribution in [2.75, 3.05) is 11.9 Å². The van der Waals surface area contributed by atoms with Gasteiger partial charge in [-0.05, 0) is 25.0 Å². The molecule has 0 atom stereocenters. The first-order valence-corrected chi connectivity index (χ1v) is 7.19. The fourth-order valence-corrected chi connectivity index (χ4v) is 2.17. The number of amides is 1.